The smallest absolute Gasteiger partial charge is 0.407 e. The van der Waals surface area contributed by atoms with E-state index in [9.17, 15) is 9.18 Å². The molecule has 2 aliphatic carbocycles. The number of terminal acetylenes is 1. The van der Waals surface area contributed by atoms with Crippen LogP contribution in [0.4, 0.5) is 14.9 Å². The van der Waals surface area contributed by atoms with Gasteiger partial charge in [-0.25, -0.2) is 9.18 Å². The standard InChI is InChI=1S/C22H33ClFN3O2.C15H21N.C8H17N.C2H6.C2H2/c1-8-22(12-17(22)27-20(28)29-21(4,5)6)11-16(25-7)14(3)26-15-10-9-13(2)18(23)19(15)24;1-3-4-7-13(2)16-11-10-14-8-5-6-9-15(14)12-16;1-8(2)6-4-5-7-9(8)3;2*1-2/h9-10,16-17,25-26H,3,8,11-12H2,1-2,4-7H3,(H,27,28);3,8-9H,1-2,4-7,10-12H2;4-7H2,1-3H3;1-2H3;1-2H. The quantitative estimate of drug-likeness (QED) is 0.144. The first kappa shape index (κ1) is 52.5. The Labute approximate surface area is 359 Å². The number of allylic oxidation sites excluding steroid dienone is 4. The van der Waals surface area contributed by atoms with Crippen molar-refractivity contribution in [3.05, 3.63) is 89.0 Å². The number of hydrogen-bond donors (Lipinski definition) is 3. The van der Waals surface area contributed by atoms with Crippen LogP contribution in [0.3, 0.4) is 0 Å². The normalized spacial score (nSPS) is 20.9. The second-order valence-corrected chi connectivity index (χ2v) is 17.5. The van der Waals surface area contributed by atoms with Crippen molar-refractivity contribution in [2.75, 3.05) is 39.0 Å². The first-order valence-corrected chi connectivity index (χ1v) is 21.8. The van der Waals surface area contributed by atoms with Gasteiger partial charge in [0.1, 0.15) is 5.60 Å². The maximum absolute atomic E-state index is 14.4. The van der Waals surface area contributed by atoms with Gasteiger partial charge in [-0.15, -0.1) is 19.4 Å². The Bertz CT molecular complexity index is 1570. The van der Waals surface area contributed by atoms with Crippen LogP contribution in [0.5, 0.6) is 0 Å². The Hall–Kier alpha value is -3.51. The number of fused-ring (bicyclic) bond motifs is 1. The number of aryl methyl sites for hydroxylation is 1. The number of carbonyl (C=O) groups excluding carboxylic acids is 1. The number of nitrogens with one attached hydrogen (secondary N) is 3. The van der Waals surface area contributed by atoms with E-state index in [-0.39, 0.29) is 22.5 Å². The lowest BCUT2D eigenvalue weighted by Gasteiger charge is -2.39. The molecular weight excluding hydrogens is 745 g/mol. The number of anilines is 1. The van der Waals surface area contributed by atoms with Gasteiger partial charge in [0, 0.05) is 42.1 Å². The van der Waals surface area contributed by atoms with E-state index in [1.54, 1.807) is 24.6 Å². The molecule has 0 spiro atoms. The minimum Gasteiger partial charge on any atom is -0.444 e. The fraction of sp³-hybridized carbons (Fsp3) is 0.612. The Morgan fingerprint density at radius 2 is 1.76 bits per heavy atom. The number of hydrogen-bond acceptors (Lipinski definition) is 6. The summed E-state index contributed by atoms with van der Waals surface area (Å²) in [6, 6.07) is 3.38. The number of halogens is 2. The van der Waals surface area contributed by atoms with Crippen molar-refractivity contribution in [2.24, 2.45) is 5.41 Å². The molecular formula is C49H79ClFN5O2. The number of likely N-dealkylation sites (tertiary alicyclic amines) is 2. The maximum atomic E-state index is 14.4. The van der Waals surface area contributed by atoms with Gasteiger partial charge in [-0.3, -0.25) is 0 Å². The third-order valence-electron chi connectivity index (χ3n) is 11.6. The second-order valence-electron chi connectivity index (χ2n) is 17.2. The SMILES string of the molecule is C#C.C=C(Nc1ccc(C)c(Cl)c1F)C(CC1(CC)CC1NC(=O)OC(C)(C)C)NC.C=CCCC(=C)N1CCC2=CCCC=C2C1.CC.CN1CCCCC1(C)C. The van der Waals surface area contributed by atoms with Crippen molar-refractivity contribution in [1.82, 2.24) is 20.4 Å². The monoisotopic (exact) mass is 824 g/mol. The lowest BCUT2D eigenvalue weighted by Crippen LogP contribution is -2.44. The minimum absolute atomic E-state index is 0.0430. The third kappa shape index (κ3) is 16.6. The highest BCUT2D eigenvalue weighted by Gasteiger charge is 2.54. The zero-order valence-corrected chi connectivity index (χ0v) is 38.9. The van der Waals surface area contributed by atoms with Gasteiger partial charge >= 0.3 is 6.09 Å². The molecule has 0 radical (unpaired) electrons. The highest BCUT2D eigenvalue weighted by molar-refractivity contribution is 6.31. The number of alkyl carbamates (subject to hydrolysis) is 1. The van der Waals surface area contributed by atoms with Crippen molar-refractivity contribution in [3.63, 3.8) is 0 Å². The van der Waals surface area contributed by atoms with Gasteiger partial charge in [0.2, 0.25) is 0 Å². The molecule has 3 N–H and O–H groups in total. The van der Waals surface area contributed by atoms with Crippen LogP contribution in [0.15, 0.2) is 72.6 Å². The van der Waals surface area contributed by atoms with Crippen LogP contribution in [-0.2, 0) is 4.74 Å². The van der Waals surface area contributed by atoms with Crippen LogP contribution in [0.2, 0.25) is 5.02 Å². The summed E-state index contributed by atoms with van der Waals surface area (Å²) in [6.07, 6.45) is 26.8. The molecule has 58 heavy (non-hydrogen) atoms. The maximum Gasteiger partial charge on any atom is 0.407 e. The number of carbonyl (C=O) groups is 1. The van der Waals surface area contributed by atoms with Gasteiger partial charge in [-0.1, -0.05) is 76.2 Å². The molecule has 326 valence electrons. The molecule has 1 amide bonds. The molecule has 1 saturated carbocycles. The largest absolute Gasteiger partial charge is 0.444 e. The van der Waals surface area contributed by atoms with E-state index in [0.717, 1.165) is 45.2 Å². The number of likely N-dealkylation sites (N-methyl/N-ethyl adjacent to an activating group) is 1. The minimum atomic E-state index is -0.529. The molecule has 9 heteroatoms. The van der Waals surface area contributed by atoms with E-state index in [1.165, 1.54) is 56.3 Å². The molecule has 2 saturated heterocycles. The van der Waals surface area contributed by atoms with Gasteiger partial charge in [0.15, 0.2) is 5.82 Å². The molecule has 0 aromatic heterocycles. The molecule has 7 nitrogen and oxygen atoms in total. The number of piperidine rings is 2. The summed E-state index contributed by atoms with van der Waals surface area (Å²) in [5.41, 5.74) is 5.93. The summed E-state index contributed by atoms with van der Waals surface area (Å²) >= 11 is 6.02. The molecule has 5 rings (SSSR count). The fourth-order valence-electron chi connectivity index (χ4n) is 7.41. The molecule has 2 heterocycles. The van der Waals surface area contributed by atoms with E-state index >= 15 is 0 Å². The Balaban J connectivity index is 0.000000481. The van der Waals surface area contributed by atoms with Gasteiger partial charge in [0.25, 0.3) is 0 Å². The molecule has 1 aromatic rings. The van der Waals surface area contributed by atoms with Crippen LogP contribution in [-0.4, -0.2) is 72.8 Å². The second kappa shape index (κ2) is 25.2. The predicted octanol–water partition coefficient (Wildman–Crippen LogP) is 12.4. The molecule has 1 aromatic carbocycles. The van der Waals surface area contributed by atoms with Gasteiger partial charge in [-0.05, 0) is 155 Å². The summed E-state index contributed by atoms with van der Waals surface area (Å²) in [5.74, 6) is -0.483. The molecule has 3 fully saturated rings. The predicted molar refractivity (Wildman–Crippen MR) is 249 cm³/mol. The van der Waals surface area contributed by atoms with Gasteiger partial charge in [-0.2, -0.15) is 0 Å². The van der Waals surface area contributed by atoms with Gasteiger partial charge in [0.05, 0.1) is 10.7 Å². The number of benzene rings is 1. The number of ether oxygens (including phenoxy) is 1. The Kier molecular flexibility index (Phi) is 22.8. The number of amides is 1. The molecule has 0 bridgehead atoms. The highest BCUT2D eigenvalue weighted by Crippen LogP contribution is 2.53. The van der Waals surface area contributed by atoms with E-state index < -0.39 is 17.5 Å². The number of nitrogens with zero attached hydrogens (tertiary/aromatic N) is 2. The topological polar surface area (TPSA) is 68.9 Å². The van der Waals surface area contributed by atoms with E-state index in [2.05, 4.69) is 98.3 Å². The summed E-state index contributed by atoms with van der Waals surface area (Å²) in [5, 5.41) is 9.40. The average Bonchev–Trinajstić information content (AvgIpc) is 3.89. The van der Waals surface area contributed by atoms with Crippen LogP contribution in [0, 0.1) is 31.0 Å². The third-order valence-corrected chi connectivity index (χ3v) is 12.0. The van der Waals surface area contributed by atoms with Crippen molar-refractivity contribution in [1.29, 1.82) is 0 Å². The van der Waals surface area contributed by atoms with E-state index in [0.29, 0.717) is 22.5 Å². The lowest BCUT2D eigenvalue weighted by molar-refractivity contribution is 0.0514. The van der Waals surface area contributed by atoms with Gasteiger partial charge < -0.3 is 30.5 Å². The Morgan fingerprint density at radius 3 is 2.29 bits per heavy atom. The van der Waals surface area contributed by atoms with Crippen molar-refractivity contribution in [2.45, 2.75) is 156 Å². The molecule has 2 aliphatic heterocycles. The molecule has 3 unspecified atom stereocenters. The summed E-state index contributed by atoms with van der Waals surface area (Å²) in [6.45, 7) is 33.6. The van der Waals surface area contributed by atoms with Crippen molar-refractivity contribution >= 4 is 23.4 Å². The first-order valence-electron chi connectivity index (χ1n) is 21.4. The summed E-state index contributed by atoms with van der Waals surface area (Å²) in [4.78, 5) is 17.0. The van der Waals surface area contributed by atoms with E-state index in [1.807, 2.05) is 47.7 Å². The molecule has 4 aliphatic rings. The van der Waals surface area contributed by atoms with Crippen LogP contribution in [0.25, 0.3) is 0 Å². The van der Waals surface area contributed by atoms with Crippen molar-refractivity contribution in [3.8, 4) is 12.8 Å². The summed E-state index contributed by atoms with van der Waals surface area (Å²) in [7, 11) is 4.07. The average molecular weight is 825 g/mol. The molecule has 3 atom stereocenters. The van der Waals surface area contributed by atoms with Crippen molar-refractivity contribution < 1.29 is 13.9 Å². The zero-order chi connectivity index (χ0) is 44.3. The van der Waals surface area contributed by atoms with Crippen LogP contribution < -0.4 is 16.0 Å². The number of rotatable bonds is 12. The summed E-state index contributed by atoms with van der Waals surface area (Å²) < 4.78 is 19.8. The fourth-order valence-corrected chi connectivity index (χ4v) is 7.58. The first-order chi connectivity index (χ1) is 27.4. The zero-order valence-electron chi connectivity index (χ0n) is 38.2. The lowest BCUT2D eigenvalue weighted by atomic mass is 9.91. The van der Waals surface area contributed by atoms with Crippen LogP contribution >= 0.6 is 11.6 Å². The Morgan fingerprint density at radius 1 is 1.12 bits per heavy atom. The van der Waals surface area contributed by atoms with E-state index in [4.69, 9.17) is 16.3 Å². The highest BCUT2D eigenvalue weighted by atomic mass is 35.5. The van der Waals surface area contributed by atoms with Crippen LogP contribution in [0.1, 0.15) is 132 Å².